The van der Waals surface area contributed by atoms with E-state index in [0.717, 1.165) is 18.5 Å². The van der Waals surface area contributed by atoms with Gasteiger partial charge in [0, 0.05) is 24.1 Å². The molecule has 0 unspecified atom stereocenters. The Morgan fingerprint density at radius 2 is 2.41 bits per heavy atom. The number of aromatic nitrogens is 2. The maximum Gasteiger partial charge on any atom is 0.320 e. The van der Waals surface area contributed by atoms with Gasteiger partial charge in [0.05, 0.1) is 13.2 Å². The van der Waals surface area contributed by atoms with Crippen LogP contribution in [0.3, 0.4) is 0 Å². The van der Waals surface area contributed by atoms with Crippen LogP contribution in [0.2, 0.25) is 4.34 Å². The summed E-state index contributed by atoms with van der Waals surface area (Å²) in [6.07, 6.45) is 2.24. The topological polar surface area (TPSA) is 55.3 Å². The first-order valence-electron chi connectivity index (χ1n) is 5.57. The van der Waals surface area contributed by atoms with E-state index in [0.29, 0.717) is 30.1 Å². The maximum absolute atomic E-state index is 11.5. The van der Waals surface area contributed by atoms with E-state index in [1.54, 1.807) is 6.92 Å². The van der Waals surface area contributed by atoms with E-state index < -0.39 is 0 Å². The molecule has 1 aliphatic carbocycles. The first-order chi connectivity index (χ1) is 8.20. The molecular weight excluding hydrogens is 262 g/mol. The Morgan fingerprint density at radius 3 is 2.94 bits per heavy atom. The summed E-state index contributed by atoms with van der Waals surface area (Å²) in [6, 6.07) is 0.456. The third kappa shape index (κ3) is 3.62. The summed E-state index contributed by atoms with van der Waals surface area (Å²) < 4.78 is 9.34. The van der Waals surface area contributed by atoms with Crippen molar-refractivity contribution in [1.82, 2.24) is 14.5 Å². The number of hydrogen-bond donors (Lipinski definition) is 0. The summed E-state index contributed by atoms with van der Waals surface area (Å²) >= 11 is 7.13. The molecule has 0 atom stereocenters. The number of rotatable bonds is 6. The van der Waals surface area contributed by atoms with E-state index in [4.69, 9.17) is 16.3 Å². The van der Waals surface area contributed by atoms with Crippen molar-refractivity contribution in [2.75, 3.05) is 13.2 Å². The molecule has 1 aromatic rings. The molecule has 17 heavy (non-hydrogen) atoms. The summed E-state index contributed by atoms with van der Waals surface area (Å²) in [5.74, 6) is -0.196. The molecule has 5 nitrogen and oxygen atoms in total. The van der Waals surface area contributed by atoms with E-state index in [1.165, 1.54) is 11.5 Å². The fourth-order valence-electron chi connectivity index (χ4n) is 1.61. The van der Waals surface area contributed by atoms with Crippen molar-refractivity contribution in [2.24, 2.45) is 0 Å². The summed E-state index contributed by atoms with van der Waals surface area (Å²) in [4.78, 5) is 13.5. The van der Waals surface area contributed by atoms with Crippen molar-refractivity contribution in [2.45, 2.75) is 32.4 Å². The summed E-state index contributed by atoms with van der Waals surface area (Å²) in [7, 11) is 0. The van der Waals surface area contributed by atoms with Gasteiger partial charge in [-0.05, 0) is 19.8 Å². The van der Waals surface area contributed by atoms with E-state index in [1.807, 2.05) is 0 Å². The second-order valence-corrected chi connectivity index (χ2v) is 5.29. The van der Waals surface area contributed by atoms with Gasteiger partial charge in [-0.3, -0.25) is 9.69 Å². The van der Waals surface area contributed by atoms with Crippen molar-refractivity contribution in [3.05, 3.63) is 10.0 Å². The maximum atomic E-state index is 11.5. The van der Waals surface area contributed by atoms with Gasteiger partial charge in [-0.1, -0.05) is 16.1 Å². The Bertz CT molecular complexity index is 395. The quantitative estimate of drug-likeness (QED) is 0.740. The van der Waals surface area contributed by atoms with Crippen molar-refractivity contribution < 1.29 is 9.53 Å². The van der Waals surface area contributed by atoms with Crippen LogP contribution < -0.4 is 0 Å². The minimum atomic E-state index is -0.196. The fraction of sp³-hybridized carbons (Fsp3) is 0.700. The predicted molar refractivity (Wildman–Crippen MR) is 65.0 cm³/mol. The Kier molecular flexibility index (Phi) is 4.31. The first kappa shape index (κ1) is 12.7. The molecule has 1 aromatic heterocycles. The second kappa shape index (κ2) is 5.75. The van der Waals surface area contributed by atoms with Gasteiger partial charge in [0.15, 0.2) is 0 Å². The highest BCUT2D eigenvalue weighted by Gasteiger charge is 2.31. The lowest BCUT2D eigenvalue weighted by Crippen LogP contribution is -2.32. The minimum absolute atomic E-state index is 0.196. The lowest BCUT2D eigenvalue weighted by Gasteiger charge is -2.19. The van der Waals surface area contributed by atoms with Crippen LogP contribution in [-0.2, 0) is 16.1 Å². The SMILES string of the molecule is CCOC(=O)CN(Cc1nnsc1Cl)C1CC1. The van der Waals surface area contributed by atoms with Crippen LogP contribution in [0.25, 0.3) is 0 Å². The summed E-state index contributed by atoms with van der Waals surface area (Å²) in [6.45, 7) is 3.09. The van der Waals surface area contributed by atoms with Crippen molar-refractivity contribution in [3.8, 4) is 0 Å². The van der Waals surface area contributed by atoms with Gasteiger partial charge in [-0.25, -0.2) is 0 Å². The number of carbonyl (C=O) groups is 1. The molecule has 1 fully saturated rings. The molecule has 0 amide bonds. The summed E-state index contributed by atoms with van der Waals surface area (Å²) in [5.41, 5.74) is 0.743. The Hall–Kier alpha value is -0.720. The fourth-order valence-corrected chi connectivity index (χ4v) is 2.22. The second-order valence-electron chi connectivity index (χ2n) is 3.93. The van der Waals surface area contributed by atoms with Crippen molar-refractivity contribution >= 4 is 29.1 Å². The van der Waals surface area contributed by atoms with Gasteiger partial charge in [0.1, 0.15) is 10.0 Å². The molecule has 0 bridgehead atoms. The van der Waals surface area contributed by atoms with Crippen LogP contribution in [0.4, 0.5) is 0 Å². The normalized spacial score (nSPS) is 15.2. The molecule has 1 aliphatic rings. The van der Waals surface area contributed by atoms with Crippen LogP contribution in [0.1, 0.15) is 25.5 Å². The molecular formula is C10H14ClN3O2S. The van der Waals surface area contributed by atoms with E-state index >= 15 is 0 Å². The van der Waals surface area contributed by atoms with Gasteiger partial charge in [0.2, 0.25) is 0 Å². The van der Waals surface area contributed by atoms with Gasteiger partial charge >= 0.3 is 5.97 Å². The number of ether oxygens (including phenoxy) is 1. The largest absolute Gasteiger partial charge is 0.465 e. The van der Waals surface area contributed by atoms with E-state index in [2.05, 4.69) is 14.5 Å². The standard InChI is InChI=1S/C10H14ClN3O2S/c1-2-16-9(15)6-14(7-3-4-7)5-8-10(11)17-13-12-8/h7H,2-6H2,1H3. The van der Waals surface area contributed by atoms with Crippen molar-refractivity contribution in [1.29, 1.82) is 0 Å². The average Bonchev–Trinajstić information content (AvgIpc) is 3.05. The zero-order valence-corrected chi connectivity index (χ0v) is 11.1. The molecule has 1 saturated carbocycles. The van der Waals surface area contributed by atoms with Crippen LogP contribution in [-0.4, -0.2) is 39.6 Å². The molecule has 0 N–H and O–H groups in total. The molecule has 0 radical (unpaired) electrons. The minimum Gasteiger partial charge on any atom is -0.465 e. The smallest absolute Gasteiger partial charge is 0.320 e. The van der Waals surface area contributed by atoms with Crippen LogP contribution in [0.5, 0.6) is 0 Å². The van der Waals surface area contributed by atoms with Gasteiger partial charge in [-0.15, -0.1) is 5.10 Å². The first-order valence-corrected chi connectivity index (χ1v) is 6.72. The van der Waals surface area contributed by atoms with E-state index in [-0.39, 0.29) is 5.97 Å². The van der Waals surface area contributed by atoms with Crippen molar-refractivity contribution in [3.63, 3.8) is 0 Å². The molecule has 0 aliphatic heterocycles. The van der Waals surface area contributed by atoms with Crippen LogP contribution >= 0.6 is 23.1 Å². The number of esters is 1. The molecule has 2 rings (SSSR count). The zero-order chi connectivity index (χ0) is 12.3. The van der Waals surface area contributed by atoms with Gasteiger partial charge in [-0.2, -0.15) is 0 Å². The number of hydrogen-bond acceptors (Lipinski definition) is 6. The zero-order valence-electron chi connectivity index (χ0n) is 9.56. The highest BCUT2D eigenvalue weighted by atomic mass is 35.5. The lowest BCUT2D eigenvalue weighted by atomic mass is 10.4. The predicted octanol–water partition coefficient (Wildman–Crippen LogP) is 1.72. The number of nitrogens with zero attached hydrogens (tertiary/aromatic N) is 3. The van der Waals surface area contributed by atoms with Crippen LogP contribution in [0, 0.1) is 0 Å². The van der Waals surface area contributed by atoms with Gasteiger partial charge in [0.25, 0.3) is 0 Å². The molecule has 0 spiro atoms. The molecule has 94 valence electrons. The average molecular weight is 276 g/mol. The lowest BCUT2D eigenvalue weighted by molar-refractivity contribution is -0.144. The molecule has 0 saturated heterocycles. The third-order valence-electron chi connectivity index (χ3n) is 2.56. The molecule has 0 aromatic carbocycles. The van der Waals surface area contributed by atoms with Gasteiger partial charge < -0.3 is 4.74 Å². The number of halogens is 1. The molecule has 7 heteroatoms. The monoisotopic (exact) mass is 275 g/mol. The third-order valence-corrected chi connectivity index (χ3v) is 3.55. The number of carbonyl (C=O) groups excluding carboxylic acids is 1. The molecule has 1 heterocycles. The summed E-state index contributed by atoms with van der Waals surface area (Å²) in [5, 5.41) is 3.96. The highest BCUT2D eigenvalue weighted by Crippen LogP contribution is 2.29. The van der Waals surface area contributed by atoms with E-state index in [9.17, 15) is 4.79 Å². The Labute approximate surface area is 109 Å². The van der Waals surface area contributed by atoms with Crippen LogP contribution in [0.15, 0.2) is 0 Å². The highest BCUT2D eigenvalue weighted by molar-refractivity contribution is 7.10. The Balaban J connectivity index is 1.93. The Morgan fingerprint density at radius 1 is 1.65 bits per heavy atom.